The number of nitrogens with one attached hydrogen (secondary N) is 2. The summed E-state index contributed by atoms with van der Waals surface area (Å²) >= 11 is 0. The van der Waals surface area contributed by atoms with Gasteiger partial charge in [0.15, 0.2) is 0 Å². The Bertz CT molecular complexity index is 508. The van der Waals surface area contributed by atoms with E-state index in [4.69, 9.17) is 16.3 Å². The van der Waals surface area contributed by atoms with E-state index in [9.17, 15) is 9.59 Å². The van der Waals surface area contributed by atoms with Gasteiger partial charge in [0.25, 0.3) is 0 Å². The summed E-state index contributed by atoms with van der Waals surface area (Å²) < 4.78 is 5.23. The summed E-state index contributed by atoms with van der Waals surface area (Å²) in [7, 11) is 0. The first-order valence-corrected chi connectivity index (χ1v) is 6.05. The average molecular weight is 276 g/mol. The number of rotatable bonds is 7. The minimum atomic E-state index is -0.884. The zero-order valence-corrected chi connectivity index (χ0v) is 10.9. The van der Waals surface area contributed by atoms with Gasteiger partial charge in [0.05, 0.1) is 0 Å². The highest BCUT2D eigenvalue weighted by Crippen LogP contribution is 2.16. The van der Waals surface area contributed by atoms with Gasteiger partial charge in [-0.3, -0.25) is 4.79 Å². The molecule has 0 aliphatic heterocycles. The molecule has 2 amide bonds. The van der Waals surface area contributed by atoms with E-state index in [-0.39, 0.29) is 13.0 Å². The van der Waals surface area contributed by atoms with Gasteiger partial charge in [0, 0.05) is 24.7 Å². The first kappa shape index (κ1) is 15.4. The fourth-order valence-corrected chi connectivity index (χ4v) is 1.41. The number of anilines is 1. The largest absolute Gasteiger partial charge is 0.481 e. The molecule has 106 valence electrons. The molecule has 0 spiro atoms. The van der Waals surface area contributed by atoms with Gasteiger partial charge in [-0.25, -0.2) is 4.79 Å². The Balaban J connectivity index is 2.37. The van der Waals surface area contributed by atoms with Crippen molar-refractivity contribution in [1.29, 1.82) is 0 Å². The lowest BCUT2D eigenvalue weighted by Crippen LogP contribution is -2.29. The number of ether oxygens (including phenoxy) is 1. The number of carboxylic acid groups (broad SMARTS) is 1. The van der Waals surface area contributed by atoms with Crippen LogP contribution in [0.5, 0.6) is 5.75 Å². The second-order valence-electron chi connectivity index (χ2n) is 3.90. The van der Waals surface area contributed by atoms with Crippen molar-refractivity contribution in [3.05, 3.63) is 24.3 Å². The molecule has 1 aromatic carbocycles. The van der Waals surface area contributed by atoms with Crippen molar-refractivity contribution >= 4 is 17.7 Å². The maximum absolute atomic E-state index is 11.5. The van der Waals surface area contributed by atoms with Crippen molar-refractivity contribution < 1.29 is 19.4 Å². The number of benzene rings is 1. The SMILES string of the molecule is C#CCOc1cccc(NC(=O)NCCCC(=O)O)c1. The summed E-state index contributed by atoms with van der Waals surface area (Å²) in [6.07, 6.45) is 5.49. The molecule has 20 heavy (non-hydrogen) atoms. The number of aliphatic carboxylic acids is 1. The number of terminal acetylenes is 1. The highest BCUT2D eigenvalue weighted by Gasteiger charge is 2.03. The second kappa shape index (κ2) is 8.43. The monoisotopic (exact) mass is 276 g/mol. The van der Waals surface area contributed by atoms with E-state index < -0.39 is 12.0 Å². The molecule has 0 saturated carbocycles. The highest BCUT2D eigenvalue weighted by molar-refractivity contribution is 5.89. The van der Waals surface area contributed by atoms with Crippen LogP contribution in [0.25, 0.3) is 0 Å². The van der Waals surface area contributed by atoms with Crippen molar-refractivity contribution in [3.63, 3.8) is 0 Å². The van der Waals surface area contributed by atoms with E-state index in [1.807, 2.05) is 0 Å². The number of hydrogen-bond acceptors (Lipinski definition) is 3. The first-order chi connectivity index (χ1) is 9.61. The Labute approximate surface area is 117 Å². The van der Waals surface area contributed by atoms with Crippen LogP contribution in [0.2, 0.25) is 0 Å². The molecule has 1 rings (SSSR count). The van der Waals surface area contributed by atoms with Gasteiger partial charge in [0.1, 0.15) is 12.4 Å². The van der Waals surface area contributed by atoms with E-state index in [0.717, 1.165) is 0 Å². The normalized spacial score (nSPS) is 9.35. The molecule has 0 bridgehead atoms. The third-order valence-electron chi connectivity index (χ3n) is 2.27. The zero-order chi connectivity index (χ0) is 14.8. The van der Waals surface area contributed by atoms with Gasteiger partial charge in [0.2, 0.25) is 0 Å². The molecule has 0 heterocycles. The summed E-state index contributed by atoms with van der Waals surface area (Å²) in [5.74, 6) is 2.03. The van der Waals surface area contributed by atoms with Crippen LogP contribution in [0.4, 0.5) is 10.5 Å². The van der Waals surface area contributed by atoms with Gasteiger partial charge in [-0.1, -0.05) is 12.0 Å². The van der Waals surface area contributed by atoms with Crippen molar-refractivity contribution in [2.45, 2.75) is 12.8 Å². The summed E-state index contributed by atoms with van der Waals surface area (Å²) in [6, 6.07) is 6.41. The molecule has 6 heteroatoms. The van der Waals surface area contributed by atoms with E-state index in [1.165, 1.54) is 0 Å². The molecule has 0 atom stereocenters. The summed E-state index contributed by atoms with van der Waals surface area (Å²) in [5, 5.41) is 13.6. The smallest absolute Gasteiger partial charge is 0.319 e. The number of carboxylic acids is 1. The van der Waals surface area contributed by atoms with Gasteiger partial charge in [-0.2, -0.15) is 0 Å². The Hall–Kier alpha value is -2.68. The standard InChI is InChI=1S/C14H16N2O4/c1-2-9-20-12-6-3-5-11(10-12)16-14(19)15-8-4-7-13(17)18/h1,3,5-6,10H,4,7-9H2,(H,17,18)(H2,15,16,19). The van der Waals surface area contributed by atoms with E-state index in [0.29, 0.717) is 24.4 Å². The minimum Gasteiger partial charge on any atom is -0.481 e. The summed E-state index contributed by atoms with van der Waals surface area (Å²) in [6.45, 7) is 0.455. The number of carbonyl (C=O) groups is 2. The third kappa shape index (κ3) is 6.31. The van der Waals surface area contributed by atoms with E-state index in [1.54, 1.807) is 24.3 Å². The van der Waals surface area contributed by atoms with Crippen LogP contribution in [-0.4, -0.2) is 30.3 Å². The Kier molecular flexibility index (Phi) is 6.48. The molecule has 0 aliphatic carbocycles. The molecular weight excluding hydrogens is 260 g/mol. The minimum absolute atomic E-state index is 0.0235. The van der Waals surface area contributed by atoms with Gasteiger partial charge < -0.3 is 20.5 Å². The van der Waals surface area contributed by atoms with E-state index in [2.05, 4.69) is 16.6 Å². The number of hydrogen-bond donors (Lipinski definition) is 3. The summed E-state index contributed by atoms with van der Waals surface area (Å²) in [5.41, 5.74) is 0.565. The molecule has 0 unspecified atom stereocenters. The number of urea groups is 1. The highest BCUT2D eigenvalue weighted by atomic mass is 16.5. The molecule has 0 radical (unpaired) electrons. The molecular formula is C14H16N2O4. The predicted octanol–water partition coefficient (Wildman–Crippen LogP) is 1.68. The molecule has 0 aliphatic rings. The molecule has 0 saturated heterocycles. The van der Waals surface area contributed by atoms with Crippen LogP contribution >= 0.6 is 0 Å². The van der Waals surface area contributed by atoms with Crippen molar-refractivity contribution in [1.82, 2.24) is 5.32 Å². The van der Waals surface area contributed by atoms with Crippen LogP contribution in [0.3, 0.4) is 0 Å². The van der Waals surface area contributed by atoms with Crippen LogP contribution < -0.4 is 15.4 Å². The zero-order valence-electron chi connectivity index (χ0n) is 10.9. The quantitative estimate of drug-likeness (QED) is 0.522. The van der Waals surface area contributed by atoms with Crippen LogP contribution in [0, 0.1) is 12.3 Å². The summed E-state index contributed by atoms with van der Waals surface area (Å²) in [4.78, 5) is 21.8. The predicted molar refractivity (Wildman–Crippen MR) is 74.7 cm³/mol. The van der Waals surface area contributed by atoms with Crippen LogP contribution in [0.1, 0.15) is 12.8 Å². The third-order valence-corrected chi connectivity index (χ3v) is 2.27. The van der Waals surface area contributed by atoms with E-state index >= 15 is 0 Å². The van der Waals surface area contributed by atoms with Gasteiger partial charge >= 0.3 is 12.0 Å². The van der Waals surface area contributed by atoms with Crippen molar-refractivity contribution in [3.8, 4) is 18.1 Å². The Morgan fingerprint density at radius 2 is 2.20 bits per heavy atom. The fourth-order valence-electron chi connectivity index (χ4n) is 1.41. The van der Waals surface area contributed by atoms with Crippen molar-refractivity contribution in [2.75, 3.05) is 18.5 Å². The van der Waals surface area contributed by atoms with Gasteiger partial charge in [-0.05, 0) is 18.6 Å². The lowest BCUT2D eigenvalue weighted by atomic mass is 10.3. The number of carbonyl (C=O) groups excluding carboxylic acids is 1. The second-order valence-corrected chi connectivity index (χ2v) is 3.90. The average Bonchev–Trinajstić information content (AvgIpc) is 2.41. The van der Waals surface area contributed by atoms with Crippen LogP contribution in [0.15, 0.2) is 24.3 Å². The fraction of sp³-hybridized carbons (Fsp3) is 0.286. The molecule has 0 aromatic heterocycles. The lowest BCUT2D eigenvalue weighted by Gasteiger charge is -2.08. The molecule has 0 fully saturated rings. The maximum atomic E-state index is 11.5. The first-order valence-electron chi connectivity index (χ1n) is 6.05. The topological polar surface area (TPSA) is 87.7 Å². The van der Waals surface area contributed by atoms with Crippen molar-refractivity contribution in [2.24, 2.45) is 0 Å². The molecule has 1 aromatic rings. The molecule has 6 nitrogen and oxygen atoms in total. The molecule has 3 N–H and O–H groups in total. The Morgan fingerprint density at radius 1 is 1.40 bits per heavy atom. The lowest BCUT2D eigenvalue weighted by molar-refractivity contribution is -0.137. The maximum Gasteiger partial charge on any atom is 0.319 e. The number of amides is 2. The Morgan fingerprint density at radius 3 is 2.90 bits per heavy atom. The van der Waals surface area contributed by atoms with Gasteiger partial charge in [-0.15, -0.1) is 6.42 Å². The van der Waals surface area contributed by atoms with Crippen LogP contribution in [-0.2, 0) is 4.79 Å².